The summed E-state index contributed by atoms with van der Waals surface area (Å²) in [5.41, 5.74) is 1.05. The van der Waals surface area contributed by atoms with Gasteiger partial charge in [0, 0.05) is 42.9 Å². The molecule has 1 N–H and O–H groups in total. The van der Waals surface area contributed by atoms with E-state index < -0.39 is 12.1 Å². The highest BCUT2D eigenvalue weighted by Gasteiger charge is 2.45. The van der Waals surface area contributed by atoms with Gasteiger partial charge in [-0.3, -0.25) is 4.79 Å². The molecule has 2 fully saturated rings. The molecule has 0 spiro atoms. The zero-order chi connectivity index (χ0) is 23.9. The molecule has 0 aromatic heterocycles. The van der Waals surface area contributed by atoms with Crippen LogP contribution in [-0.4, -0.2) is 78.4 Å². The smallest absolute Gasteiger partial charge is 0.475 e. The van der Waals surface area contributed by atoms with Gasteiger partial charge in [-0.25, -0.2) is 4.79 Å². The number of likely N-dealkylation sites (tertiary alicyclic amines) is 1. The SMILES string of the molecule is CCN(CC)C[C@@H]1CO[C@@H]2CN(C(=O)CCc3ccccc3Cl)C[C@H]12.O=C(O)C(F)(F)F. The molecule has 1 aromatic rings. The number of amides is 1. The Bertz CT molecular complexity index is 774. The van der Waals surface area contributed by atoms with Crippen molar-refractivity contribution < 1.29 is 32.6 Å². The summed E-state index contributed by atoms with van der Waals surface area (Å²) in [5.74, 6) is -1.50. The first kappa shape index (κ1) is 26.4. The van der Waals surface area contributed by atoms with Gasteiger partial charge >= 0.3 is 12.1 Å². The van der Waals surface area contributed by atoms with Crippen molar-refractivity contribution in [1.29, 1.82) is 0 Å². The van der Waals surface area contributed by atoms with Gasteiger partial charge in [-0.1, -0.05) is 43.6 Å². The number of hydrogen-bond acceptors (Lipinski definition) is 4. The number of nitrogens with zero attached hydrogens (tertiary/aromatic N) is 2. The first-order valence-electron chi connectivity index (χ1n) is 10.7. The molecular formula is C22H30ClF3N2O4. The van der Waals surface area contributed by atoms with Gasteiger partial charge in [-0.05, 0) is 31.1 Å². The number of alkyl halides is 3. The van der Waals surface area contributed by atoms with Crippen molar-refractivity contribution >= 4 is 23.5 Å². The molecule has 0 aliphatic carbocycles. The number of benzene rings is 1. The maximum absolute atomic E-state index is 12.6. The molecule has 10 heteroatoms. The third-order valence-electron chi connectivity index (χ3n) is 5.99. The van der Waals surface area contributed by atoms with Crippen LogP contribution in [0, 0.1) is 11.8 Å². The van der Waals surface area contributed by atoms with E-state index in [0.717, 1.165) is 49.9 Å². The van der Waals surface area contributed by atoms with Crippen LogP contribution in [0.3, 0.4) is 0 Å². The molecular weight excluding hydrogens is 449 g/mol. The maximum atomic E-state index is 12.6. The minimum atomic E-state index is -5.08. The minimum absolute atomic E-state index is 0.222. The number of carboxylic acid groups (broad SMARTS) is 1. The summed E-state index contributed by atoms with van der Waals surface area (Å²) in [4.78, 5) is 26.0. The van der Waals surface area contributed by atoms with Crippen LogP contribution in [0.5, 0.6) is 0 Å². The van der Waals surface area contributed by atoms with E-state index >= 15 is 0 Å². The molecule has 0 unspecified atom stereocenters. The summed E-state index contributed by atoms with van der Waals surface area (Å²) in [7, 11) is 0. The van der Waals surface area contributed by atoms with Crippen LogP contribution in [0.15, 0.2) is 24.3 Å². The minimum Gasteiger partial charge on any atom is -0.475 e. The fraction of sp³-hybridized carbons (Fsp3) is 0.636. The van der Waals surface area contributed by atoms with Gasteiger partial charge in [-0.15, -0.1) is 0 Å². The third kappa shape index (κ3) is 7.35. The summed E-state index contributed by atoms with van der Waals surface area (Å²) in [5, 5.41) is 7.87. The highest BCUT2D eigenvalue weighted by atomic mass is 35.5. The monoisotopic (exact) mass is 478 g/mol. The Balaban J connectivity index is 0.000000451. The summed E-state index contributed by atoms with van der Waals surface area (Å²) < 4.78 is 37.7. The van der Waals surface area contributed by atoms with E-state index in [0.29, 0.717) is 24.7 Å². The average molecular weight is 479 g/mol. The normalized spacial score (nSPS) is 22.5. The fourth-order valence-corrected chi connectivity index (χ4v) is 4.34. The van der Waals surface area contributed by atoms with Crippen LogP contribution < -0.4 is 0 Å². The molecule has 2 saturated heterocycles. The van der Waals surface area contributed by atoms with Gasteiger partial charge in [0.25, 0.3) is 0 Å². The molecule has 3 rings (SSSR count). The Morgan fingerprint density at radius 2 is 1.84 bits per heavy atom. The lowest BCUT2D eigenvalue weighted by Gasteiger charge is -2.25. The van der Waals surface area contributed by atoms with Gasteiger partial charge in [0.15, 0.2) is 0 Å². The quantitative estimate of drug-likeness (QED) is 0.647. The van der Waals surface area contributed by atoms with Crippen molar-refractivity contribution in [2.24, 2.45) is 11.8 Å². The van der Waals surface area contributed by atoms with E-state index in [2.05, 4.69) is 18.7 Å². The van der Waals surface area contributed by atoms with Crippen molar-refractivity contribution in [3.8, 4) is 0 Å². The molecule has 1 amide bonds. The van der Waals surface area contributed by atoms with Crippen molar-refractivity contribution in [3.05, 3.63) is 34.9 Å². The molecule has 2 aliphatic rings. The van der Waals surface area contributed by atoms with Gasteiger partial charge < -0.3 is 19.6 Å². The van der Waals surface area contributed by atoms with Crippen LogP contribution in [0.25, 0.3) is 0 Å². The van der Waals surface area contributed by atoms with Gasteiger partial charge in [-0.2, -0.15) is 13.2 Å². The molecule has 2 heterocycles. The Hall–Kier alpha value is -1.84. The van der Waals surface area contributed by atoms with Crippen LogP contribution in [-0.2, 0) is 20.7 Å². The largest absolute Gasteiger partial charge is 0.490 e. The van der Waals surface area contributed by atoms with E-state index in [1.807, 2.05) is 29.2 Å². The number of carbonyl (C=O) groups is 2. The number of ether oxygens (including phenoxy) is 1. The lowest BCUT2D eigenvalue weighted by molar-refractivity contribution is -0.192. The van der Waals surface area contributed by atoms with Crippen molar-refractivity contribution in [3.63, 3.8) is 0 Å². The summed E-state index contributed by atoms with van der Waals surface area (Å²) in [6, 6.07) is 7.77. The Morgan fingerprint density at radius 1 is 1.22 bits per heavy atom. The molecule has 32 heavy (non-hydrogen) atoms. The maximum Gasteiger partial charge on any atom is 0.490 e. The van der Waals surface area contributed by atoms with Crippen LogP contribution in [0.2, 0.25) is 5.02 Å². The fourth-order valence-electron chi connectivity index (χ4n) is 4.10. The van der Waals surface area contributed by atoms with Gasteiger partial charge in [0.05, 0.1) is 12.7 Å². The van der Waals surface area contributed by atoms with E-state index in [1.165, 1.54) is 0 Å². The second-order valence-corrected chi connectivity index (χ2v) is 8.38. The second kappa shape index (κ2) is 11.9. The Labute approximate surface area is 191 Å². The van der Waals surface area contributed by atoms with Gasteiger partial charge in [0.2, 0.25) is 5.91 Å². The zero-order valence-corrected chi connectivity index (χ0v) is 19.0. The second-order valence-electron chi connectivity index (χ2n) is 7.97. The summed E-state index contributed by atoms with van der Waals surface area (Å²) >= 11 is 6.19. The van der Waals surface area contributed by atoms with E-state index in [9.17, 15) is 18.0 Å². The standard InChI is InChI=1S/C20H29ClN2O2.C2HF3O2/c1-3-22(4-2)11-16-14-25-19-13-23(12-17(16)19)20(24)10-9-15-7-5-6-8-18(15)21;3-2(4,5)1(6)7/h5-8,16-17,19H,3-4,9-14H2,1-2H3;(H,6,7)/t16-,17-,19-;/m1./s1. The highest BCUT2D eigenvalue weighted by Crippen LogP contribution is 2.34. The Morgan fingerprint density at radius 3 is 2.41 bits per heavy atom. The topological polar surface area (TPSA) is 70.1 Å². The number of aliphatic carboxylic acids is 1. The van der Waals surface area contributed by atoms with Crippen LogP contribution >= 0.6 is 11.6 Å². The highest BCUT2D eigenvalue weighted by molar-refractivity contribution is 6.31. The van der Waals surface area contributed by atoms with Crippen molar-refractivity contribution in [2.45, 2.75) is 39.0 Å². The average Bonchev–Trinajstić information content (AvgIpc) is 3.32. The molecule has 0 bridgehead atoms. The van der Waals surface area contributed by atoms with Crippen molar-refractivity contribution in [2.75, 3.05) is 39.3 Å². The number of hydrogen-bond donors (Lipinski definition) is 1. The van der Waals surface area contributed by atoms with E-state index in [-0.39, 0.29) is 12.0 Å². The Kier molecular flexibility index (Phi) is 9.79. The van der Waals surface area contributed by atoms with Crippen molar-refractivity contribution in [1.82, 2.24) is 9.80 Å². The molecule has 2 aliphatic heterocycles. The lowest BCUT2D eigenvalue weighted by Crippen LogP contribution is -2.35. The lowest BCUT2D eigenvalue weighted by atomic mass is 9.92. The molecule has 180 valence electrons. The van der Waals surface area contributed by atoms with Gasteiger partial charge in [0.1, 0.15) is 0 Å². The third-order valence-corrected chi connectivity index (χ3v) is 6.36. The molecule has 1 aromatic carbocycles. The molecule has 6 nitrogen and oxygen atoms in total. The number of rotatable bonds is 7. The van der Waals surface area contributed by atoms with Crippen LogP contribution in [0.4, 0.5) is 13.2 Å². The first-order valence-corrected chi connectivity index (χ1v) is 11.1. The first-order chi connectivity index (χ1) is 15.1. The summed E-state index contributed by atoms with van der Waals surface area (Å²) in [6.45, 7) is 10.1. The summed E-state index contributed by atoms with van der Waals surface area (Å²) in [6.07, 6.45) is -3.64. The van der Waals surface area contributed by atoms with E-state index in [4.69, 9.17) is 26.2 Å². The molecule has 3 atom stereocenters. The number of fused-ring (bicyclic) bond motifs is 1. The predicted octanol–water partition coefficient (Wildman–Crippen LogP) is 3.72. The molecule has 0 radical (unpaired) electrons. The van der Waals surface area contributed by atoms with Crippen LogP contribution in [0.1, 0.15) is 25.8 Å². The number of carboxylic acids is 1. The number of halogens is 4. The zero-order valence-electron chi connectivity index (χ0n) is 18.3. The number of carbonyl (C=O) groups excluding carboxylic acids is 1. The van der Waals surface area contributed by atoms with E-state index in [1.54, 1.807) is 0 Å². The number of aryl methyl sites for hydroxylation is 1. The predicted molar refractivity (Wildman–Crippen MR) is 115 cm³/mol. The molecule has 0 saturated carbocycles.